The van der Waals surface area contributed by atoms with Crippen molar-refractivity contribution >= 4 is 17.7 Å². The number of Topliss-reactive ketones (excluding diaryl/α,β-unsaturated/α-hetero) is 1. The number of fused-ring (bicyclic) bond motifs is 3. The third kappa shape index (κ3) is 2.99. The van der Waals surface area contributed by atoms with E-state index in [1.807, 2.05) is 6.92 Å². The molecule has 4 aliphatic carbocycles. The second kappa shape index (κ2) is 7.72. The number of hydrogen-bond acceptors (Lipinski definition) is 7. The van der Waals surface area contributed by atoms with Gasteiger partial charge in [-0.25, -0.2) is 9.78 Å². The van der Waals surface area contributed by atoms with Crippen molar-refractivity contribution in [2.45, 2.75) is 51.9 Å². The van der Waals surface area contributed by atoms with E-state index in [0.717, 1.165) is 0 Å². The lowest BCUT2D eigenvalue weighted by Crippen LogP contribution is -2.66. The van der Waals surface area contributed by atoms with Crippen LogP contribution in [0.1, 0.15) is 34.1 Å². The number of rotatable bonds is 3. The number of pyridine rings is 1. The van der Waals surface area contributed by atoms with Crippen LogP contribution >= 0.6 is 0 Å². The van der Waals surface area contributed by atoms with Crippen LogP contribution in [0.3, 0.4) is 0 Å². The van der Waals surface area contributed by atoms with Crippen molar-refractivity contribution in [1.82, 2.24) is 4.98 Å². The lowest BCUT2D eigenvalue weighted by Gasteiger charge is -2.48. The number of hydrogen-bond donors (Lipinski definition) is 3. The van der Waals surface area contributed by atoms with E-state index in [1.165, 1.54) is 11.9 Å². The fourth-order valence-corrected chi connectivity index (χ4v) is 7.42. The SMILES string of the molecule is CC1=CC23C(=O)[C@@H](C=C(CO)[C@@H](O)[C@]2(O)[C@H]1OC(=O)N(C)c1ccccn1)[C@H]1[C@@H](CC3C)C1(C)C. The Morgan fingerprint density at radius 1 is 1.31 bits per heavy atom. The molecule has 0 aromatic carbocycles. The second-order valence-electron chi connectivity index (χ2n) is 11.4. The Kier molecular flexibility index (Phi) is 5.33. The zero-order valence-electron chi connectivity index (χ0n) is 20.8. The molecular weight excluding hydrogens is 448 g/mol. The third-order valence-corrected chi connectivity index (χ3v) is 9.38. The molecule has 8 nitrogen and oxygen atoms in total. The van der Waals surface area contributed by atoms with Gasteiger partial charge in [-0.15, -0.1) is 0 Å². The highest BCUT2D eigenvalue weighted by atomic mass is 16.6. The number of ketones is 1. The van der Waals surface area contributed by atoms with E-state index in [0.29, 0.717) is 17.8 Å². The van der Waals surface area contributed by atoms with Gasteiger partial charge in [-0.1, -0.05) is 39.0 Å². The first-order valence-corrected chi connectivity index (χ1v) is 12.2. The van der Waals surface area contributed by atoms with Crippen LogP contribution in [-0.2, 0) is 9.53 Å². The van der Waals surface area contributed by atoms with Crippen LogP contribution in [0.25, 0.3) is 0 Å². The molecule has 1 aromatic heterocycles. The largest absolute Gasteiger partial charge is 0.438 e. The number of carbonyl (C=O) groups excluding carboxylic acids is 2. The summed E-state index contributed by atoms with van der Waals surface area (Å²) < 4.78 is 5.84. The predicted octanol–water partition coefficient (Wildman–Crippen LogP) is 2.49. The molecule has 1 heterocycles. The van der Waals surface area contributed by atoms with Gasteiger partial charge in [0, 0.05) is 19.2 Å². The van der Waals surface area contributed by atoms with Gasteiger partial charge in [0.1, 0.15) is 11.9 Å². The summed E-state index contributed by atoms with van der Waals surface area (Å²) in [6.07, 6.45) is 2.00. The first kappa shape index (κ1) is 24.2. The smallest absolute Gasteiger partial charge is 0.415 e. The van der Waals surface area contributed by atoms with Crippen molar-refractivity contribution in [2.24, 2.45) is 34.5 Å². The van der Waals surface area contributed by atoms with Crippen molar-refractivity contribution in [3.8, 4) is 0 Å². The molecule has 0 saturated heterocycles. The molecule has 8 heteroatoms. The summed E-state index contributed by atoms with van der Waals surface area (Å²) in [7, 11) is 1.51. The highest BCUT2D eigenvalue weighted by molar-refractivity contribution is 5.95. The molecule has 1 spiro atoms. The number of nitrogens with zero attached hydrogens (tertiary/aromatic N) is 2. The molecule has 1 amide bonds. The number of anilines is 1. The average molecular weight is 483 g/mol. The average Bonchev–Trinajstić information content (AvgIpc) is 3.32. The summed E-state index contributed by atoms with van der Waals surface area (Å²) >= 11 is 0. The quantitative estimate of drug-likeness (QED) is 0.566. The summed E-state index contributed by atoms with van der Waals surface area (Å²) in [5.41, 5.74) is -2.96. The minimum Gasteiger partial charge on any atom is -0.438 e. The molecular formula is C27H34N2O6. The Morgan fingerprint density at radius 2 is 2.03 bits per heavy atom. The standard InChI is InChI=1S/C27H34N2O6/c1-14-12-26-15(2)10-18-20(25(18,3)4)17(22(26)32)11-16(13-30)21(31)27(26,34)23(14)35-24(33)29(5)19-8-6-7-9-28-19/h6-9,11-12,15,17-18,20-21,23,30-31,34H,10,13H2,1-5H3/t15?,17-,18+,20-,21+,23-,26?,27-/m0/s1. The first-order chi connectivity index (χ1) is 16.4. The van der Waals surface area contributed by atoms with E-state index in [4.69, 9.17) is 4.74 Å². The number of aromatic nitrogens is 1. The minimum absolute atomic E-state index is 0.0463. The zero-order chi connectivity index (χ0) is 25.5. The van der Waals surface area contributed by atoms with Crippen molar-refractivity contribution in [1.29, 1.82) is 0 Å². The number of aliphatic hydroxyl groups excluding tert-OH is 2. The summed E-state index contributed by atoms with van der Waals surface area (Å²) in [6.45, 7) is 7.42. The molecule has 1 aromatic rings. The van der Waals surface area contributed by atoms with Crippen molar-refractivity contribution in [2.75, 3.05) is 18.6 Å². The highest BCUT2D eigenvalue weighted by Gasteiger charge is 2.76. The summed E-state index contributed by atoms with van der Waals surface area (Å²) in [6, 6.07) is 5.12. The van der Waals surface area contributed by atoms with E-state index in [-0.39, 0.29) is 34.5 Å². The van der Waals surface area contributed by atoms with Crippen molar-refractivity contribution in [3.05, 3.63) is 47.7 Å². The molecule has 3 N–H and O–H groups in total. The van der Waals surface area contributed by atoms with Crippen LogP contribution in [0.15, 0.2) is 47.7 Å². The number of allylic oxidation sites excluding steroid dienone is 1. The second-order valence-corrected chi connectivity index (χ2v) is 11.4. The molecule has 2 unspecified atom stereocenters. The number of ether oxygens (including phenoxy) is 1. The third-order valence-electron chi connectivity index (χ3n) is 9.38. The molecule has 4 aliphatic rings. The fourth-order valence-electron chi connectivity index (χ4n) is 7.42. The maximum Gasteiger partial charge on any atom is 0.415 e. The maximum absolute atomic E-state index is 14.3. The molecule has 0 radical (unpaired) electrons. The number of aliphatic hydroxyl groups is 3. The Balaban J connectivity index is 1.60. The molecule has 188 valence electrons. The van der Waals surface area contributed by atoms with Crippen molar-refractivity contribution < 1.29 is 29.6 Å². The Hall–Kier alpha value is -2.55. The van der Waals surface area contributed by atoms with Gasteiger partial charge in [-0.2, -0.15) is 0 Å². The molecule has 2 bridgehead atoms. The van der Waals surface area contributed by atoms with Crippen LogP contribution in [0, 0.1) is 34.5 Å². The monoisotopic (exact) mass is 482 g/mol. The van der Waals surface area contributed by atoms with Crippen molar-refractivity contribution in [3.63, 3.8) is 0 Å². The van der Waals surface area contributed by atoms with Gasteiger partial charge in [-0.05, 0) is 59.8 Å². The van der Waals surface area contributed by atoms with Gasteiger partial charge >= 0.3 is 6.09 Å². The van der Waals surface area contributed by atoms with E-state index in [1.54, 1.807) is 43.5 Å². The summed E-state index contributed by atoms with van der Waals surface area (Å²) in [4.78, 5) is 32.9. The van der Waals surface area contributed by atoms with Crippen LogP contribution in [0.4, 0.5) is 10.6 Å². The Morgan fingerprint density at radius 3 is 2.66 bits per heavy atom. The normalized spacial score (nSPS) is 41.0. The van der Waals surface area contributed by atoms with Crippen LogP contribution < -0.4 is 4.90 Å². The topological polar surface area (TPSA) is 120 Å². The van der Waals surface area contributed by atoms with Crippen LogP contribution in [0.5, 0.6) is 0 Å². The van der Waals surface area contributed by atoms with E-state index in [2.05, 4.69) is 18.8 Å². The number of carbonyl (C=O) groups is 2. The van der Waals surface area contributed by atoms with Crippen LogP contribution in [0.2, 0.25) is 0 Å². The maximum atomic E-state index is 14.3. The molecule has 2 saturated carbocycles. The predicted molar refractivity (Wildman–Crippen MR) is 128 cm³/mol. The van der Waals surface area contributed by atoms with Gasteiger partial charge in [0.25, 0.3) is 0 Å². The van der Waals surface area contributed by atoms with Gasteiger partial charge in [0.15, 0.2) is 17.5 Å². The van der Waals surface area contributed by atoms with Gasteiger partial charge in [0.2, 0.25) is 0 Å². The minimum atomic E-state index is -2.15. The molecule has 8 atom stereocenters. The highest BCUT2D eigenvalue weighted by Crippen LogP contribution is 2.71. The summed E-state index contributed by atoms with van der Waals surface area (Å²) in [5.74, 6) is -0.319. The van der Waals surface area contributed by atoms with Crippen LogP contribution in [-0.4, -0.2) is 63.6 Å². The van der Waals surface area contributed by atoms with Gasteiger partial charge in [0.05, 0.1) is 12.0 Å². The first-order valence-electron chi connectivity index (χ1n) is 12.2. The zero-order valence-corrected chi connectivity index (χ0v) is 20.8. The Bertz CT molecular complexity index is 1130. The summed E-state index contributed by atoms with van der Waals surface area (Å²) in [5, 5.41) is 34.1. The lowest BCUT2D eigenvalue weighted by molar-refractivity contribution is -0.189. The Labute approximate surface area is 205 Å². The fraction of sp³-hybridized carbons (Fsp3) is 0.593. The molecule has 0 aliphatic heterocycles. The van der Waals surface area contributed by atoms with E-state index >= 15 is 0 Å². The number of amides is 1. The lowest BCUT2D eigenvalue weighted by atomic mass is 9.59. The van der Waals surface area contributed by atoms with Gasteiger partial charge in [-0.3, -0.25) is 9.69 Å². The van der Waals surface area contributed by atoms with Gasteiger partial charge < -0.3 is 20.1 Å². The molecule has 35 heavy (non-hydrogen) atoms. The van der Waals surface area contributed by atoms with E-state index in [9.17, 15) is 24.9 Å². The molecule has 5 rings (SSSR count). The van der Waals surface area contributed by atoms with E-state index < -0.39 is 41.8 Å². The molecule has 2 fully saturated rings.